The minimum absolute atomic E-state index is 0.119. The van der Waals surface area contributed by atoms with Gasteiger partial charge in [-0.25, -0.2) is 22.0 Å². The molecule has 1 amide bonds. The van der Waals surface area contributed by atoms with E-state index < -0.39 is 40.6 Å². The molecule has 0 aromatic heterocycles. The van der Waals surface area contributed by atoms with E-state index in [0.717, 1.165) is 5.01 Å². The van der Waals surface area contributed by atoms with Gasteiger partial charge in [-0.2, -0.15) is 10.1 Å². The van der Waals surface area contributed by atoms with Gasteiger partial charge in [0, 0.05) is 10.6 Å². The van der Waals surface area contributed by atoms with Crippen molar-refractivity contribution in [2.45, 2.75) is 0 Å². The summed E-state index contributed by atoms with van der Waals surface area (Å²) in [5, 5.41) is 5.21. The number of amides is 1. The van der Waals surface area contributed by atoms with Crippen LogP contribution in [0.3, 0.4) is 0 Å². The molecule has 2 aromatic rings. The number of thiocarbonyl (C=S) groups is 1. The van der Waals surface area contributed by atoms with Gasteiger partial charge in [0.25, 0.3) is 5.91 Å². The Hall–Kier alpha value is -2.01. The fourth-order valence-electron chi connectivity index (χ4n) is 2.16. The van der Waals surface area contributed by atoms with Crippen molar-refractivity contribution in [1.82, 2.24) is 5.01 Å². The van der Waals surface area contributed by atoms with E-state index in [4.69, 9.17) is 35.4 Å². The summed E-state index contributed by atoms with van der Waals surface area (Å²) in [5.41, 5.74) is -0.861. The summed E-state index contributed by atoms with van der Waals surface area (Å²) in [7, 11) is 0. The predicted molar refractivity (Wildman–Crippen MR) is 105 cm³/mol. The molecule has 2 aromatic carbocycles. The SMILES string of the molecule is O=C1/C(=C\c2c(F)c(F)c(F)c(F)c2F)SC(=S)N1/N=C/c1ccc(Cl)cc1Cl. The van der Waals surface area contributed by atoms with Crippen LogP contribution in [0.1, 0.15) is 11.1 Å². The topological polar surface area (TPSA) is 32.7 Å². The number of halogens is 7. The van der Waals surface area contributed by atoms with E-state index in [9.17, 15) is 26.7 Å². The van der Waals surface area contributed by atoms with Crippen molar-refractivity contribution < 1.29 is 26.7 Å². The molecule has 1 heterocycles. The first-order valence-corrected chi connectivity index (χ1v) is 9.38. The van der Waals surface area contributed by atoms with E-state index >= 15 is 0 Å². The molecule has 0 bridgehead atoms. The molecule has 0 spiro atoms. The third-order valence-electron chi connectivity index (χ3n) is 3.57. The standard InChI is InChI=1S/C17H5Cl2F5N2OS2/c18-7-2-1-6(9(19)3-7)5-25-26-16(27)10(29-17(26)28)4-8-11(20)13(22)15(24)14(23)12(8)21/h1-5H/b10-4+,25-5+. The zero-order chi connectivity index (χ0) is 21.5. The maximum atomic E-state index is 13.8. The second kappa shape index (κ2) is 8.39. The quantitative estimate of drug-likeness (QED) is 0.136. The molecule has 1 aliphatic heterocycles. The van der Waals surface area contributed by atoms with Crippen molar-refractivity contribution in [3.63, 3.8) is 0 Å². The third kappa shape index (κ3) is 4.16. The highest BCUT2D eigenvalue weighted by Gasteiger charge is 2.34. The van der Waals surface area contributed by atoms with Crippen LogP contribution in [0.25, 0.3) is 6.08 Å². The molecule has 3 rings (SSSR count). The van der Waals surface area contributed by atoms with E-state index in [1.165, 1.54) is 24.4 Å². The zero-order valence-electron chi connectivity index (χ0n) is 13.7. The molecule has 150 valence electrons. The molecular formula is C17H5Cl2F5N2OS2. The van der Waals surface area contributed by atoms with E-state index in [-0.39, 0.29) is 14.2 Å². The monoisotopic (exact) mass is 482 g/mol. The van der Waals surface area contributed by atoms with Gasteiger partial charge in [0.05, 0.1) is 21.7 Å². The van der Waals surface area contributed by atoms with Crippen LogP contribution in [0.2, 0.25) is 10.0 Å². The number of carbonyl (C=O) groups excluding carboxylic acids is 1. The van der Waals surface area contributed by atoms with Gasteiger partial charge >= 0.3 is 0 Å². The van der Waals surface area contributed by atoms with Crippen molar-refractivity contribution in [2.24, 2.45) is 5.10 Å². The Kier molecular flexibility index (Phi) is 6.27. The van der Waals surface area contributed by atoms with Gasteiger partial charge in [0.1, 0.15) is 0 Å². The summed E-state index contributed by atoms with van der Waals surface area (Å²) < 4.78 is 67.4. The minimum atomic E-state index is -2.30. The number of hydrogen-bond donors (Lipinski definition) is 0. The largest absolute Gasteiger partial charge is 0.286 e. The minimum Gasteiger partial charge on any atom is -0.266 e. The summed E-state index contributed by atoms with van der Waals surface area (Å²) in [5.74, 6) is -11.6. The Morgan fingerprint density at radius 1 is 1.00 bits per heavy atom. The van der Waals surface area contributed by atoms with Crippen LogP contribution in [0, 0.1) is 29.1 Å². The molecule has 0 saturated carbocycles. The van der Waals surface area contributed by atoms with Gasteiger partial charge in [0.2, 0.25) is 5.82 Å². The van der Waals surface area contributed by atoms with Gasteiger partial charge in [-0.3, -0.25) is 4.79 Å². The maximum Gasteiger partial charge on any atom is 0.286 e. The van der Waals surface area contributed by atoms with Gasteiger partial charge in [0.15, 0.2) is 27.6 Å². The number of rotatable bonds is 3. The Morgan fingerprint density at radius 2 is 1.59 bits per heavy atom. The van der Waals surface area contributed by atoms with Crippen LogP contribution in [0.15, 0.2) is 28.2 Å². The lowest BCUT2D eigenvalue weighted by Gasteiger charge is -2.07. The first-order chi connectivity index (χ1) is 13.6. The van der Waals surface area contributed by atoms with Gasteiger partial charge in [-0.1, -0.05) is 41.0 Å². The molecular weight excluding hydrogens is 478 g/mol. The van der Waals surface area contributed by atoms with Gasteiger partial charge in [-0.15, -0.1) is 0 Å². The van der Waals surface area contributed by atoms with Gasteiger partial charge in [-0.05, 0) is 30.4 Å². The number of benzene rings is 2. The number of hydrazone groups is 1. The van der Waals surface area contributed by atoms with Crippen LogP contribution in [-0.2, 0) is 4.79 Å². The molecule has 0 atom stereocenters. The molecule has 0 unspecified atom stereocenters. The van der Waals surface area contributed by atoms with E-state index in [2.05, 4.69) is 5.10 Å². The van der Waals surface area contributed by atoms with Crippen molar-refractivity contribution >= 4 is 69.7 Å². The molecule has 3 nitrogen and oxygen atoms in total. The first kappa shape index (κ1) is 21.7. The van der Waals surface area contributed by atoms with Gasteiger partial charge < -0.3 is 0 Å². The molecule has 1 fully saturated rings. The Labute approximate surface area is 179 Å². The number of carbonyl (C=O) groups is 1. The second-order valence-corrected chi connectivity index (χ2v) is 7.91. The highest BCUT2D eigenvalue weighted by atomic mass is 35.5. The molecule has 1 saturated heterocycles. The van der Waals surface area contributed by atoms with Crippen LogP contribution in [-0.4, -0.2) is 21.5 Å². The van der Waals surface area contributed by atoms with Crippen LogP contribution in [0.4, 0.5) is 22.0 Å². The van der Waals surface area contributed by atoms with Crippen molar-refractivity contribution in [3.8, 4) is 0 Å². The number of hydrogen-bond acceptors (Lipinski definition) is 4. The Balaban J connectivity index is 1.95. The lowest BCUT2D eigenvalue weighted by atomic mass is 10.1. The summed E-state index contributed by atoms with van der Waals surface area (Å²) in [6, 6.07) is 4.50. The Bertz CT molecular complexity index is 1090. The predicted octanol–water partition coefficient (Wildman–Crippen LogP) is 5.92. The fourth-order valence-corrected chi connectivity index (χ4v) is 3.78. The van der Waals surface area contributed by atoms with Crippen molar-refractivity contribution in [1.29, 1.82) is 0 Å². The van der Waals surface area contributed by atoms with Crippen molar-refractivity contribution in [3.05, 3.63) is 73.4 Å². The second-order valence-electron chi connectivity index (χ2n) is 5.39. The molecule has 12 heteroatoms. The number of nitrogens with zero attached hydrogens (tertiary/aromatic N) is 2. The highest BCUT2D eigenvalue weighted by Crippen LogP contribution is 2.35. The average Bonchev–Trinajstić information content (AvgIpc) is 2.94. The van der Waals surface area contributed by atoms with Crippen molar-refractivity contribution in [2.75, 3.05) is 0 Å². The molecule has 0 aliphatic carbocycles. The normalized spacial score (nSPS) is 16.0. The zero-order valence-corrected chi connectivity index (χ0v) is 16.8. The Morgan fingerprint density at radius 3 is 2.17 bits per heavy atom. The molecule has 0 radical (unpaired) electrons. The number of thioether (sulfide) groups is 1. The van der Waals surface area contributed by atoms with E-state index in [1.54, 1.807) is 0 Å². The van der Waals surface area contributed by atoms with Crippen LogP contribution < -0.4 is 0 Å². The maximum absolute atomic E-state index is 13.8. The highest BCUT2D eigenvalue weighted by molar-refractivity contribution is 8.26. The molecule has 1 aliphatic rings. The smallest absolute Gasteiger partial charge is 0.266 e. The van der Waals surface area contributed by atoms with Crippen LogP contribution in [0.5, 0.6) is 0 Å². The summed E-state index contributed by atoms with van der Waals surface area (Å²) in [6.07, 6.45) is 1.73. The molecule has 0 N–H and O–H groups in total. The summed E-state index contributed by atoms with van der Waals surface area (Å²) in [6.45, 7) is 0. The lowest BCUT2D eigenvalue weighted by molar-refractivity contribution is -0.122. The fraction of sp³-hybridized carbons (Fsp3) is 0. The van der Waals surface area contributed by atoms with Crippen LogP contribution >= 0.6 is 47.2 Å². The van der Waals surface area contributed by atoms with E-state index in [0.29, 0.717) is 28.4 Å². The van der Waals surface area contributed by atoms with E-state index in [1.807, 2.05) is 0 Å². The third-order valence-corrected chi connectivity index (χ3v) is 5.41. The first-order valence-electron chi connectivity index (χ1n) is 7.40. The summed E-state index contributed by atoms with van der Waals surface area (Å²) in [4.78, 5) is 12.0. The molecule has 29 heavy (non-hydrogen) atoms. The lowest BCUT2D eigenvalue weighted by Crippen LogP contribution is -2.22. The average molecular weight is 483 g/mol. The summed E-state index contributed by atoms with van der Waals surface area (Å²) >= 11 is 17.3.